The standard InChI is InChI=1S/C13H12N2O2S/c14-10-5-3-9(4-6-10)13(17)15-12(16)8-11-2-1-7-18-11/h1-7H,8,14H2,(H,15,16,17). The van der Waals surface area contributed by atoms with Gasteiger partial charge in [0.05, 0.1) is 6.42 Å². The summed E-state index contributed by atoms with van der Waals surface area (Å²) >= 11 is 1.49. The van der Waals surface area contributed by atoms with E-state index in [9.17, 15) is 9.59 Å². The number of rotatable bonds is 3. The van der Waals surface area contributed by atoms with E-state index in [4.69, 9.17) is 5.73 Å². The Labute approximate surface area is 108 Å². The van der Waals surface area contributed by atoms with Crippen LogP contribution in [0.2, 0.25) is 0 Å². The highest BCUT2D eigenvalue weighted by molar-refractivity contribution is 7.10. The SMILES string of the molecule is Nc1ccc(C(=O)NC(=O)Cc2cccs2)cc1. The number of nitrogens with two attached hydrogens (primary N) is 1. The fourth-order valence-corrected chi connectivity index (χ4v) is 2.15. The van der Waals surface area contributed by atoms with Gasteiger partial charge in [-0.2, -0.15) is 0 Å². The van der Waals surface area contributed by atoms with Gasteiger partial charge in [0, 0.05) is 16.1 Å². The zero-order valence-electron chi connectivity index (χ0n) is 9.55. The molecule has 1 aromatic carbocycles. The third-order valence-electron chi connectivity index (χ3n) is 2.34. The topological polar surface area (TPSA) is 72.2 Å². The molecular formula is C13H12N2O2S. The van der Waals surface area contributed by atoms with E-state index in [1.54, 1.807) is 24.3 Å². The van der Waals surface area contributed by atoms with E-state index in [1.165, 1.54) is 11.3 Å². The van der Waals surface area contributed by atoms with Crippen molar-refractivity contribution in [1.82, 2.24) is 5.32 Å². The Kier molecular flexibility index (Phi) is 3.74. The Morgan fingerprint density at radius 3 is 2.50 bits per heavy atom. The number of carbonyl (C=O) groups is 2. The molecule has 0 atom stereocenters. The molecule has 5 heteroatoms. The third-order valence-corrected chi connectivity index (χ3v) is 3.22. The van der Waals surface area contributed by atoms with Crippen LogP contribution in [0.1, 0.15) is 15.2 Å². The average molecular weight is 260 g/mol. The maximum atomic E-state index is 11.7. The van der Waals surface area contributed by atoms with Crippen LogP contribution < -0.4 is 11.1 Å². The molecule has 0 fully saturated rings. The van der Waals surface area contributed by atoms with Gasteiger partial charge >= 0.3 is 0 Å². The summed E-state index contributed by atoms with van der Waals surface area (Å²) < 4.78 is 0. The van der Waals surface area contributed by atoms with E-state index in [1.807, 2.05) is 17.5 Å². The molecule has 18 heavy (non-hydrogen) atoms. The number of nitrogens with one attached hydrogen (secondary N) is 1. The van der Waals surface area contributed by atoms with Crippen LogP contribution in [0.15, 0.2) is 41.8 Å². The lowest BCUT2D eigenvalue weighted by molar-refractivity contribution is -0.119. The first-order valence-electron chi connectivity index (χ1n) is 5.37. The molecular weight excluding hydrogens is 248 g/mol. The van der Waals surface area contributed by atoms with Gasteiger partial charge in [-0.1, -0.05) is 6.07 Å². The summed E-state index contributed by atoms with van der Waals surface area (Å²) in [6.45, 7) is 0. The van der Waals surface area contributed by atoms with Crippen molar-refractivity contribution in [3.8, 4) is 0 Å². The fraction of sp³-hybridized carbons (Fsp3) is 0.0769. The molecule has 2 rings (SSSR count). The molecule has 0 aliphatic carbocycles. The van der Waals surface area contributed by atoms with Gasteiger partial charge in [-0.25, -0.2) is 0 Å². The van der Waals surface area contributed by atoms with E-state index < -0.39 is 5.91 Å². The molecule has 0 unspecified atom stereocenters. The second kappa shape index (κ2) is 5.46. The summed E-state index contributed by atoms with van der Waals surface area (Å²) in [6.07, 6.45) is 0.221. The number of anilines is 1. The van der Waals surface area contributed by atoms with Crippen LogP contribution in [-0.2, 0) is 11.2 Å². The lowest BCUT2D eigenvalue weighted by Gasteiger charge is -2.03. The molecule has 3 N–H and O–H groups in total. The van der Waals surface area contributed by atoms with Crippen LogP contribution in [0, 0.1) is 0 Å². The van der Waals surface area contributed by atoms with Gasteiger partial charge < -0.3 is 5.73 Å². The maximum Gasteiger partial charge on any atom is 0.257 e. The minimum absolute atomic E-state index is 0.221. The first-order chi connectivity index (χ1) is 8.65. The molecule has 0 aliphatic heterocycles. The molecule has 0 saturated carbocycles. The molecule has 0 spiro atoms. The zero-order chi connectivity index (χ0) is 13.0. The van der Waals surface area contributed by atoms with Crippen molar-refractivity contribution in [2.24, 2.45) is 0 Å². The molecule has 92 valence electrons. The zero-order valence-corrected chi connectivity index (χ0v) is 10.4. The normalized spacial score (nSPS) is 10.0. The Morgan fingerprint density at radius 2 is 1.89 bits per heavy atom. The van der Waals surface area contributed by atoms with Gasteiger partial charge in [0.1, 0.15) is 0 Å². The van der Waals surface area contributed by atoms with E-state index in [0.29, 0.717) is 11.3 Å². The number of imide groups is 1. The average Bonchev–Trinajstić information content (AvgIpc) is 2.82. The van der Waals surface area contributed by atoms with E-state index in [2.05, 4.69) is 5.32 Å². The van der Waals surface area contributed by atoms with E-state index in [0.717, 1.165) is 4.88 Å². The number of carbonyl (C=O) groups excluding carboxylic acids is 2. The van der Waals surface area contributed by atoms with Crippen molar-refractivity contribution in [3.63, 3.8) is 0 Å². The number of amides is 2. The molecule has 0 saturated heterocycles. The molecule has 0 bridgehead atoms. The molecule has 0 radical (unpaired) electrons. The van der Waals surface area contributed by atoms with Crippen LogP contribution in [0.25, 0.3) is 0 Å². The minimum atomic E-state index is -0.406. The first-order valence-corrected chi connectivity index (χ1v) is 6.25. The van der Waals surface area contributed by atoms with Gasteiger partial charge in [0.2, 0.25) is 5.91 Å². The Bertz CT molecular complexity index is 547. The lowest BCUT2D eigenvalue weighted by atomic mass is 10.2. The Balaban J connectivity index is 1.95. The van der Waals surface area contributed by atoms with Crippen molar-refractivity contribution in [2.45, 2.75) is 6.42 Å². The van der Waals surface area contributed by atoms with Crippen LogP contribution in [0.5, 0.6) is 0 Å². The first kappa shape index (κ1) is 12.3. The van der Waals surface area contributed by atoms with Crippen LogP contribution in [0.4, 0.5) is 5.69 Å². The van der Waals surface area contributed by atoms with Gasteiger partial charge in [-0.05, 0) is 35.7 Å². The highest BCUT2D eigenvalue weighted by Crippen LogP contribution is 2.09. The predicted octanol–water partition coefficient (Wildman–Crippen LogP) is 1.83. The van der Waals surface area contributed by atoms with Crippen LogP contribution in [0.3, 0.4) is 0 Å². The number of benzene rings is 1. The summed E-state index contributed by atoms with van der Waals surface area (Å²) in [5, 5.41) is 4.24. The minimum Gasteiger partial charge on any atom is -0.399 e. The molecule has 2 aromatic rings. The van der Waals surface area contributed by atoms with Crippen LogP contribution in [-0.4, -0.2) is 11.8 Å². The highest BCUT2D eigenvalue weighted by atomic mass is 32.1. The Hall–Kier alpha value is -2.14. The molecule has 2 amide bonds. The summed E-state index contributed by atoms with van der Waals surface area (Å²) in [4.78, 5) is 24.3. The van der Waals surface area contributed by atoms with Gasteiger partial charge in [0.15, 0.2) is 0 Å². The van der Waals surface area contributed by atoms with Crippen molar-refractivity contribution in [3.05, 3.63) is 52.2 Å². The molecule has 4 nitrogen and oxygen atoms in total. The largest absolute Gasteiger partial charge is 0.399 e. The summed E-state index contributed by atoms with van der Waals surface area (Å²) in [5.74, 6) is -0.712. The van der Waals surface area contributed by atoms with Crippen LogP contribution >= 0.6 is 11.3 Å². The quantitative estimate of drug-likeness (QED) is 0.827. The van der Waals surface area contributed by atoms with E-state index >= 15 is 0 Å². The number of hydrogen-bond acceptors (Lipinski definition) is 4. The molecule has 1 aromatic heterocycles. The number of nitrogen functional groups attached to an aromatic ring is 1. The summed E-state index contributed by atoms with van der Waals surface area (Å²) in [6, 6.07) is 10.1. The number of thiophene rings is 1. The van der Waals surface area contributed by atoms with E-state index in [-0.39, 0.29) is 12.3 Å². The van der Waals surface area contributed by atoms with Gasteiger partial charge in [-0.3, -0.25) is 14.9 Å². The summed E-state index contributed by atoms with van der Waals surface area (Å²) in [7, 11) is 0. The maximum absolute atomic E-state index is 11.7. The smallest absolute Gasteiger partial charge is 0.257 e. The van der Waals surface area contributed by atoms with Crippen molar-refractivity contribution in [2.75, 3.05) is 5.73 Å². The van der Waals surface area contributed by atoms with Crippen molar-refractivity contribution < 1.29 is 9.59 Å². The molecule has 1 heterocycles. The van der Waals surface area contributed by atoms with Crippen molar-refractivity contribution >= 4 is 28.8 Å². The lowest BCUT2D eigenvalue weighted by Crippen LogP contribution is -2.31. The Morgan fingerprint density at radius 1 is 1.17 bits per heavy atom. The van der Waals surface area contributed by atoms with Gasteiger partial charge in [-0.15, -0.1) is 11.3 Å². The second-order valence-corrected chi connectivity index (χ2v) is 4.79. The fourth-order valence-electron chi connectivity index (χ4n) is 1.45. The third kappa shape index (κ3) is 3.18. The monoisotopic (exact) mass is 260 g/mol. The highest BCUT2D eigenvalue weighted by Gasteiger charge is 2.10. The molecule has 0 aliphatic rings. The van der Waals surface area contributed by atoms with Crippen molar-refractivity contribution in [1.29, 1.82) is 0 Å². The second-order valence-electron chi connectivity index (χ2n) is 3.76. The predicted molar refractivity (Wildman–Crippen MR) is 71.4 cm³/mol. The number of hydrogen-bond donors (Lipinski definition) is 2. The summed E-state index contributed by atoms with van der Waals surface area (Å²) in [5.41, 5.74) is 6.52. The van der Waals surface area contributed by atoms with Gasteiger partial charge in [0.25, 0.3) is 5.91 Å².